The number of aliphatic hydroxyl groups excluding tert-OH is 1. The van der Waals surface area contributed by atoms with E-state index in [1.807, 2.05) is 11.9 Å². The summed E-state index contributed by atoms with van der Waals surface area (Å²) in [6.45, 7) is 1.53. The first kappa shape index (κ1) is 16.8. The van der Waals surface area contributed by atoms with E-state index < -0.39 is 6.10 Å². The Morgan fingerprint density at radius 1 is 1.40 bits per heavy atom. The molecule has 1 aromatic rings. The van der Waals surface area contributed by atoms with Crippen molar-refractivity contribution < 1.29 is 19.0 Å². The number of carbonyl (C=O) groups is 1. The van der Waals surface area contributed by atoms with Crippen LogP contribution < -0.4 is 0 Å². The number of rotatable bonds is 9. The van der Waals surface area contributed by atoms with Gasteiger partial charge in [0.25, 0.3) is 0 Å². The molecule has 1 unspecified atom stereocenters. The average molecular weight is 283 g/mol. The lowest BCUT2D eigenvalue weighted by Crippen LogP contribution is -2.32. The Hall–Kier alpha value is -1.30. The van der Waals surface area contributed by atoms with Gasteiger partial charge in [-0.2, -0.15) is 0 Å². The molecule has 0 bridgehead atoms. The molecule has 0 radical (unpaired) electrons. The highest BCUT2D eigenvalue weighted by molar-refractivity contribution is 5.95. The number of aliphatic hydroxyl groups is 1. The largest absolute Gasteiger partial charge is 0.389 e. The van der Waals surface area contributed by atoms with Crippen molar-refractivity contribution in [1.82, 2.24) is 4.90 Å². The zero-order valence-electron chi connectivity index (χ0n) is 12.0. The molecule has 4 nitrogen and oxygen atoms in total. The molecule has 0 amide bonds. The second kappa shape index (κ2) is 8.79. The summed E-state index contributed by atoms with van der Waals surface area (Å²) >= 11 is 0. The van der Waals surface area contributed by atoms with Crippen LogP contribution in [0.1, 0.15) is 23.2 Å². The van der Waals surface area contributed by atoms with Crippen LogP contribution in [-0.2, 0) is 4.74 Å². The van der Waals surface area contributed by atoms with Crippen molar-refractivity contribution in [3.63, 3.8) is 0 Å². The van der Waals surface area contributed by atoms with E-state index in [9.17, 15) is 14.3 Å². The number of ether oxygens (including phenoxy) is 1. The van der Waals surface area contributed by atoms with Crippen LogP contribution in [0, 0.1) is 5.82 Å². The summed E-state index contributed by atoms with van der Waals surface area (Å²) in [6.07, 6.45) is 0.598. The molecule has 0 saturated carbocycles. The Bertz CT molecular complexity index is 408. The van der Waals surface area contributed by atoms with Crippen molar-refractivity contribution in [3.8, 4) is 0 Å². The molecule has 0 heterocycles. The van der Waals surface area contributed by atoms with Crippen molar-refractivity contribution in [2.24, 2.45) is 0 Å². The number of methoxy groups -OCH3 is 1. The maximum Gasteiger partial charge on any atom is 0.162 e. The number of halogens is 1. The van der Waals surface area contributed by atoms with Gasteiger partial charge in [-0.3, -0.25) is 4.79 Å². The highest BCUT2D eigenvalue weighted by atomic mass is 19.1. The summed E-state index contributed by atoms with van der Waals surface area (Å²) < 4.78 is 17.6. The van der Waals surface area contributed by atoms with E-state index in [-0.39, 0.29) is 11.6 Å². The predicted octanol–water partition coefficient (Wildman–Crippen LogP) is 1.73. The van der Waals surface area contributed by atoms with Crippen LogP contribution in [0.2, 0.25) is 0 Å². The highest BCUT2D eigenvalue weighted by Gasteiger charge is 2.09. The number of Topliss-reactive ketones (excluding diaryl/α,β-unsaturated/α-hetero) is 1. The van der Waals surface area contributed by atoms with E-state index in [1.54, 1.807) is 7.11 Å². The Morgan fingerprint density at radius 2 is 2.05 bits per heavy atom. The van der Waals surface area contributed by atoms with Gasteiger partial charge in [-0.05, 0) is 44.3 Å². The fraction of sp³-hybridized carbons (Fsp3) is 0.533. The molecule has 0 fully saturated rings. The molecular weight excluding hydrogens is 261 g/mol. The minimum atomic E-state index is -0.516. The van der Waals surface area contributed by atoms with E-state index in [4.69, 9.17) is 4.74 Å². The predicted molar refractivity (Wildman–Crippen MR) is 75.3 cm³/mol. The molecule has 1 rings (SSSR count). The first-order valence-electron chi connectivity index (χ1n) is 6.67. The summed E-state index contributed by atoms with van der Waals surface area (Å²) in [5, 5.41) is 9.56. The summed E-state index contributed by atoms with van der Waals surface area (Å²) in [4.78, 5) is 13.8. The Labute approximate surface area is 119 Å². The Balaban J connectivity index is 2.26. The van der Waals surface area contributed by atoms with Gasteiger partial charge in [0.15, 0.2) is 5.78 Å². The van der Waals surface area contributed by atoms with Gasteiger partial charge in [-0.25, -0.2) is 4.39 Å². The molecule has 0 spiro atoms. The van der Waals surface area contributed by atoms with Crippen LogP contribution in [0.25, 0.3) is 0 Å². The van der Waals surface area contributed by atoms with Gasteiger partial charge >= 0.3 is 0 Å². The standard InChI is InChI=1S/C15H22FNO3/c1-17(10-14(18)11-20-2)9-3-4-15(19)12-5-7-13(16)8-6-12/h5-8,14,18H,3-4,9-11H2,1-2H3. The minimum absolute atomic E-state index is 0.0100. The van der Waals surface area contributed by atoms with Gasteiger partial charge in [-0.1, -0.05) is 0 Å². The van der Waals surface area contributed by atoms with E-state index in [0.29, 0.717) is 38.1 Å². The third kappa shape index (κ3) is 6.23. The molecule has 20 heavy (non-hydrogen) atoms. The van der Waals surface area contributed by atoms with Crippen LogP contribution in [0.15, 0.2) is 24.3 Å². The highest BCUT2D eigenvalue weighted by Crippen LogP contribution is 2.07. The summed E-state index contributed by atoms with van der Waals surface area (Å²) in [7, 11) is 3.44. The van der Waals surface area contributed by atoms with Crippen LogP contribution in [0.4, 0.5) is 4.39 Å². The van der Waals surface area contributed by atoms with Gasteiger partial charge in [-0.15, -0.1) is 0 Å². The zero-order valence-corrected chi connectivity index (χ0v) is 12.0. The molecule has 0 saturated heterocycles. The summed E-state index contributed by atoms with van der Waals surface area (Å²) in [6, 6.07) is 5.59. The Kier molecular flexibility index (Phi) is 7.36. The van der Waals surface area contributed by atoms with Crippen molar-refractivity contribution in [2.75, 3.05) is 33.9 Å². The lowest BCUT2D eigenvalue weighted by atomic mass is 10.1. The fourth-order valence-electron chi connectivity index (χ4n) is 1.99. The maximum atomic E-state index is 12.7. The van der Waals surface area contributed by atoms with Gasteiger partial charge in [0.05, 0.1) is 12.7 Å². The second-order valence-corrected chi connectivity index (χ2v) is 4.91. The van der Waals surface area contributed by atoms with Crippen molar-refractivity contribution >= 4 is 5.78 Å². The number of likely N-dealkylation sites (N-methyl/N-ethyl adjacent to an activating group) is 1. The van der Waals surface area contributed by atoms with Crippen LogP contribution in [0.5, 0.6) is 0 Å². The first-order valence-corrected chi connectivity index (χ1v) is 6.67. The molecule has 1 aromatic carbocycles. The number of hydrogen-bond acceptors (Lipinski definition) is 4. The maximum absolute atomic E-state index is 12.7. The van der Waals surface area contributed by atoms with E-state index >= 15 is 0 Å². The number of carbonyl (C=O) groups excluding carboxylic acids is 1. The van der Waals surface area contributed by atoms with Crippen LogP contribution in [0.3, 0.4) is 0 Å². The van der Waals surface area contributed by atoms with Gasteiger partial charge in [0.1, 0.15) is 5.82 Å². The molecule has 112 valence electrons. The molecule has 1 atom stereocenters. The second-order valence-electron chi connectivity index (χ2n) is 4.91. The third-order valence-electron chi connectivity index (χ3n) is 2.99. The Morgan fingerprint density at radius 3 is 2.65 bits per heavy atom. The molecule has 5 heteroatoms. The topological polar surface area (TPSA) is 49.8 Å². The summed E-state index contributed by atoms with van der Waals surface area (Å²) in [5.41, 5.74) is 0.536. The van der Waals surface area contributed by atoms with Crippen molar-refractivity contribution in [3.05, 3.63) is 35.6 Å². The van der Waals surface area contributed by atoms with E-state index in [0.717, 1.165) is 0 Å². The van der Waals surface area contributed by atoms with Crippen LogP contribution in [-0.4, -0.2) is 55.7 Å². The lowest BCUT2D eigenvalue weighted by Gasteiger charge is -2.19. The minimum Gasteiger partial charge on any atom is -0.389 e. The zero-order chi connectivity index (χ0) is 15.0. The van der Waals surface area contributed by atoms with Crippen molar-refractivity contribution in [1.29, 1.82) is 0 Å². The van der Waals surface area contributed by atoms with Gasteiger partial charge in [0.2, 0.25) is 0 Å². The first-order chi connectivity index (χ1) is 9.52. The number of ketones is 1. The molecule has 0 aliphatic rings. The number of benzene rings is 1. The van der Waals surface area contributed by atoms with Crippen molar-refractivity contribution in [2.45, 2.75) is 18.9 Å². The monoisotopic (exact) mass is 283 g/mol. The third-order valence-corrected chi connectivity index (χ3v) is 2.99. The number of nitrogens with zero attached hydrogens (tertiary/aromatic N) is 1. The average Bonchev–Trinajstić information content (AvgIpc) is 2.39. The van der Waals surface area contributed by atoms with Gasteiger partial charge < -0.3 is 14.7 Å². The molecule has 0 aliphatic carbocycles. The lowest BCUT2D eigenvalue weighted by molar-refractivity contribution is 0.0430. The smallest absolute Gasteiger partial charge is 0.162 e. The van der Waals surface area contributed by atoms with E-state index in [1.165, 1.54) is 24.3 Å². The SMILES string of the molecule is COCC(O)CN(C)CCCC(=O)c1ccc(F)cc1. The normalized spacial score (nSPS) is 12.7. The van der Waals surface area contributed by atoms with Gasteiger partial charge in [0, 0.05) is 25.6 Å². The summed E-state index contributed by atoms with van der Waals surface area (Å²) in [5.74, 6) is -0.329. The van der Waals surface area contributed by atoms with Crippen LogP contribution >= 0.6 is 0 Å². The quantitative estimate of drug-likeness (QED) is 0.701. The fourth-order valence-corrected chi connectivity index (χ4v) is 1.99. The molecule has 1 N–H and O–H groups in total. The molecule has 0 aromatic heterocycles. The molecule has 0 aliphatic heterocycles. The number of hydrogen-bond donors (Lipinski definition) is 1. The van der Waals surface area contributed by atoms with E-state index in [2.05, 4.69) is 0 Å². The molecular formula is C15H22FNO3.